The van der Waals surface area contributed by atoms with E-state index in [4.69, 9.17) is 0 Å². The number of ketones is 2. The summed E-state index contributed by atoms with van der Waals surface area (Å²) in [6.45, 7) is 2.30. The number of hydrogen-bond donors (Lipinski definition) is 3. The van der Waals surface area contributed by atoms with Crippen molar-refractivity contribution in [1.82, 2.24) is 0 Å². The van der Waals surface area contributed by atoms with Crippen molar-refractivity contribution in [3.05, 3.63) is 6.61 Å². The molecule has 85 valence electrons. The fraction of sp³-hybridized carbons (Fsp3) is 0.667. The Morgan fingerprint density at radius 3 is 2.20 bits per heavy atom. The summed E-state index contributed by atoms with van der Waals surface area (Å²) < 4.78 is 4.65. The lowest BCUT2D eigenvalue weighted by atomic mass is 9.73. The second kappa shape index (κ2) is 3.64. The van der Waals surface area contributed by atoms with Gasteiger partial charge in [-0.15, -0.1) is 0 Å². The van der Waals surface area contributed by atoms with Gasteiger partial charge in [0.15, 0.2) is 22.8 Å². The number of hydrogen-bond acceptors (Lipinski definition) is 6. The molecule has 0 amide bonds. The van der Waals surface area contributed by atoms with Crippen molar-refractivity contribution in [1.29, 1.82) is 0 Å². The molecule has 6 heteroatoms. The zero-order valence-electron chi connectivity index (χ0n) is 8.43. The van der Waals surface area contributed by atoms with Crippen LogP contribution < -0.4 is 0 Å². The molecule has 1 aliphatic heterocycles. The minimum atomic E-state index is -2.54. The molecule has 0 bridgehead atoms. The van der Waals surface area contributed by atoms with E-state index in [0.29, 0.717) is 6.61 Å². The fourth-order valence-electron chi connectivity index (χ4n) is 1.58. The van der Waals surface area contributed by atoms with Crippen LogP contribution in [0.4, 0.5) is 0 Å². The monoisotopic (exact) mass is 217 g/mol. The van der Waals surface area contributed by atoms with Crippen molar-refractivity contribution < 1.29 is 29.6 Å². The molecule has 1 radical (unpaired) electrons. The Labute approximate surface area is 86.5 Å². The molecule has 0 unspecified atom stereocenters. The fourth-order valence-corrected chi connectivity index (χ4v) is 1.58. The first-order valence-corrected chi connectivity index (χ1v) is 4.37. The lowest BCUT2D eigenvalue weighted by Crippen LogP contribution is -2.72. The van der Waals surface area contributed by atoms with Crippen LogP contribution >= 0.6 is 0 Å². The van der Waals surface area contributed by atoms with E-state index >= 15 is 0 Å². The van der Waals surface area contributed by atoms with Gasteiger partial charge in [0.1, 0.15) is 12.7 Å². The summed E-state index contributed by atoms with van der Waals surface area (Å²) in [6.07, 6.45) is -1.64. The van der Waals surface area contributed by atoms with E-state index in [-0.39, 0.29) is 6.61 Å². The molecule has 0 aromatic carbocycles. The molecular weight excluding hydrogens is 204 g/mol. The van der Waals surface area contributed by atoms with Gasteiger partial charge in [0.05, 0.1) is 6.61 Å². The summed E-state index contributed by atoms with van der Waals surface area (Å²) in [7, 11) is 0. The van der Waals surface area contributed by atoms with E-state index in [1.54, 1.807) is 0 Å². The standard InChI is InChI=1S/C9H13O6/c1-5(10)8(13)4-15-3-7(12)9(8,14)6(2)11/h4,7,12-14H,3H2,1-2H3/t7-,8-,9+/m1/s1. The highest BCUT2D eigenvalue weighted by molar-refractivity contribution is 5.98. The third-order valence-corrected chi connectivity index (χ3v) is 2.64. The Morgan fingerprint density at radius 1 is 1.33 bits per heavy atom. The van der Waals surface area contributed by atoms with Crippen LogP contribution in [0, 0.1) is 6.61 Å². The Hall–Kier alpha value is -0.820. The number of carbonyl (C=O) groups excluding carboxylic acids is 2. The van der Waals surface area contributed by atoms with Crippen molar-refractivity contribution in [2.24, 2.45) is 0 Å². The first-order valence-electron chi connectivity index (χ1n) is 4.37. The van der Waals surface area contributed by atoms with Crippen LogP contribution in [0.2, 0.25) is 0 Å². The van der Waals surface area contributed by atoms with Crippen LogP contribution in [0.15, 0.2) is 0 Å². The van der Waals surface area contributed by atoms with E-state index in [9.17, 15) is 24.9 Å². The quantitative estimate of drug-likeness (QED) is 0.503. The van der Waals surface area contributed by atoms with Crippen LogP contribution in [-0.4, -0.2) is 50.8 Å². The van der Waals surface area contributed by atoms with Crippen LogP contribution in [0.25, 0.3) is 0 Å². The highest BCUT2D eigenvalue weighted by Gasteiger charge is 2.63. The molecule has 1 fully saturated rings. The maximum atomic E-state index is 11.3. The lowest BCUT2D eigenvalue weighted by Gasteiger charge is -2.45. The third kappa shape index (κ3) is 1.50. The molecule has 0 aromatic heterocycles. The maximum Gasteiger partial charge on any atom is 0.190 e. The van der Waals surface area contributed by atoms with Crippen LogP contribution in [0.5, 0.6) is 0 Å². The Bertz CT molecular complexity index is 301. The van der Waals surface area contributed by atoms with Gasteiger partial charge in [-0.2, -0.15) is 0 Å². The van der Waals surface area contributed by atoms with Gasteiger partial charge in [-0.05, 0) is 13.8 Å². The molecule has 1 rings (SSSR count). The normalized spacial score (nSPS) is 41.3. The predicted molar refractivity (Wildman–Crippen MR) is 47.5 cm³/mol. The molecule has 0 spiro atoms. The number of aliphatic hydroxyl groups is 3. The summed E-state index contributed by atoms with van der Waals surface area (Å²) in [5.41, 5.74) is -5.05. The first kappa shape index (κ1) is 12.3. The number of rotatable bonds is 2. The van der Waals surface area contributed by atoms with E-state index in [0.717, 1.165) is 13.8 Å². The van der Waals surface area contributed by atoms with E-state index < -0.39 is 28.9 Å². The second-order valence-corrected chi connectivity index (χ2v) is 3.61. The molecule has 0 aliphatic carbocycles. The van der Waals surface area contributed by atoms with Gasteiger partial charge in [0.2, 0.25) is 0 Å². The van der Waals surface area contributed by atoms with Gasteiger partial charge >= 0.3 is 0 Å². The molecule has 3 N–H and O–H groups in total. The van der Waals surface area contributed by atoms with Gasteiger partial charge in [0.25, 0.3) is 0 Å². The lowest BCUT2D eigenvalue weighted by molar-refractivity contribution is -0.229. The van der Waals surface area contributed by atoms with Crippen LogP contribution in [-0.2, 0) is 14.3 Å². The minimum absolute atomic E-state index is 0.355. The maximum absolute atomic E-state index is 11.3. The molecular formula is C9H13O6. The minimum Gasteiger partial charge on any atom is -0.387 e. The number of ether oxygens (including phenoxy) is 1. The van der Waals surface area contributed by atoms with E-state index in [2.05, 4.69) is 4.74 Å². The zero-order chi connectivity index (χ0) is 11.9. The Kier molecular flexibility index (Phi) is 2.97. The molecule has 1 saturated heterocycles. The van der Waals surface area contributed by atoms with Crippen molar-refractivity contribution in [2.45, 2.75) is 31.2 Å². The predicted octanol–water partition coefficient (Wildman–Crippen LogP) is -1.82. The zero-order valence-corrected chi connectivity index (χ0v) is 8.43. The van der Waals surface area contributed by atoms with Crippen molar-refractivity contribution in [3.8, 4) is 0 Å². The largest absolute Gasteiger partial charge is 0.387 e. The van der Waals surface area contributed by atoms with Gasteiger partial charge < -0.3 is 20.1 Å². The average molecular weight is 217 g/mol. The smallest absolute Gasteiger partial charge is 0.190 e. The topological polar surface area (TPSA) is 104 Å². The summed E-state index contributed by atoms with van der Waals surface area (Å²) in [4.78, 5) is 22.5. The SMILES string of the molecule is CC(=O)[C@]1(O)[CH]OC[C@@H](O)[C@@]1(O)C(C)=O. The van der Waals surface area contributed by atoms with Gasteiger partial charge in [0, 0.05) is 0 Å². The highest BCUT2D eigenvalue weighted by Crippen LogP contribution is 2.35. The molecule has 6 nitrogen and oxygen atoms in total. The summed E-state index contributed by atoms with van der Waals surface area (Å²) in [5, 5.41) is 29.2. The van der Waals surface area contributed by atoms with Crippen LogP contribution in [0.1, 0.15) is 13.8 Å². The van der Waals surface area contributed by atoms with E-state index in [1.165, 1.54) is 0 Å². The third-order valence-electron chi connectivity index (χ3n) is 2.64. The Balaban J connectivity index is 3.24. The van der Waals surface area contributed by atoms with Crippen molar-refractivity contribution in [2.75, 3.05) is 6.61 Å². The van der Waals surface area contributed by atoms with Gasteiger partial charge in [-0.3, -0.25) is 9.59 Å². The van der Waals surface area contributed by atoms with Crippen molar-refractivity contribution >= 4 is 11.6 Å². The molecule has 1 heterocycles. The second-order valence-electron chi connectivity index (χ2n) is 3.61. The molecule has 0 aromatic rings. The summed E-state index contributed by atoms with van der Waals surface area (Å²) >= 11 is 0. The summed E-state index contributed by atoms with van der Waals surface area (Å²) in [5.74, 6) is -1.77. The molecule has 1 aliphatic rings. The first-order chi connectivity index (χ1) is 6.76. The van der Waals surface area contributed by atoms with Crippen LogP contribution in [0.3, 0.4) is 0 Å². The molecule has 3 atom stereocenters. The van der Waals surface area contributed by atoms with Gasteiger partial charge in [-0.25, -0.2) is 0 Å². The Morgan fingerprint density at radius 2 is 1.87 bits per heavy atom. The van der Waals surface area contributed by atoms with E-state index in [1.807, 2.05) is 0 Å². The summed E-state index contributed by atoms with van der Waals surface area (Å²) in [6, 6.07) is 0. The number of aliphatic hydroxyl groups excluding tert-OH is 1. The number of Topliss-reactive ketones (excluding diaryl/α,β-unsaturated/α-hetero) is 2. The number of carbonyl (C=O) groups is 2. The van der Waals surface area contributed by atoms with Gasteiger partial charge in [-0.1, -0.05) is 0 Å². The highest BCUT2D eigenvalue weighted by atomic mass is 16.5. The van der Waals surface area contributed by atoms with Crippen molar-refractivity contribution in [3.63, 3.8) is 0 Å². The molecule has 15 heavy (non-hydrogen) atoms. The average Bonchev–Trinajstić information content (AvgIpc) is 2.13. The molecule has 0 saturated carbocycles.